The van der Waals surface area contributed by atoms with Gasteiger partial charge in [0.2, 0.25) is 0 Å². The minimum atomic E-state index is -0.420. The number of rotatable bonds is 1. The van der Waals surface area contributed by atoms with Crippen LogP contribution in [0, 0.1) is 0 Å². The van der Waals surface area contributed by atoms with E-state index in [0.717, 1.165) is 0 Å². The van der Waals surface area contributed by atoms with Crippen LogP contribution in [-0.2, 0) is 14.3 Å². The molecule has 1 N–H and O–H groups in total. The molecule has 4 nitrogen and oxygen atoms in total. The molecule has 0 spiro atoms. The molecule has 1 rings (SSSR count). The van der Waals surface area contributed by atoms with Gasteiger partial charge < -0.3 is 14.8 Å². The zero-order chi connectivity index (χ0) is 8.27. The van der Waals surface area contributed by atoms with Gasteiger partial charge in [-0.1, -0.05) is 0 Å². The first kappa shape index (κ1) is 8.49. The maximum atomic E-state index is 10.9. The van der Waals surface area contributed by atoms with E-state index in [1.165, 1.54) is 7.11 Å². The standard InChI is InChI=1S/C7H13NO3/c1-5-4-11-6(3-8-5)7(9)10-2/h5-6,8H,3-4H2,1-2H3. The molecular formula is C7H13NO3. The molecule has 1 heterocycles. The summed E-state index contributed by atoms with van der Waals surface area (Å²) in [5.74, 6) is -0.301. The van der Waals surface area contributed by atoms with Gasteiger partial charge in [-0.3, -0.25) is 0 Å². The van der Waals surface area contributed by atoms with Gasteiger partial charge in [-0.05, 0) is 6.92 Å². The Bertz CT molecular complexity index is 141. The van der Waals surface area contributed by atoms with Crippen molar-refractivity contribution in [1.29, 1.82) is 0 Å². The summed E-state index contributed by atoms with van der Waals surface area (Å²) in [7, 11) is 1.36. The maximum Gasteiger partial charge on any atom is 0.336 e. The second kappa shape index (κ2) is 3.69. The highest BCUT2D eigenvalue weighted by molar-refractivity contribution is 5.74. The first-order valence-corrected chi connectivity index (χ1v) is 3.67. The van der Waals surface area contributed by atoms with E-state index in [4.69, 9.17) is 4.74 Å². The fraction of sp³-hybridized carbons (Fsp3) is 0.857. The van der Waals surface area contributed by atoms with E-state index in [1.807, 2.05) is 6.92 Å². The Kier molecular flexibility index (Phi) is 2.84. The van der Waals surface area contributed by atoms with Crippen LogP contribution in [-0.4, -0.2) is 38.4 Å². The van der Waals surface area contributed by atoms with Gasteiger partial charge in [0.25, 0.3) is 0 Å². The van der Waals surface area contributed by atoms with E-state index in [2.05, 4.69) is 10.1 Å². The highest BCUT2D eigenvalue weighted by Crippen LogP contribution is 2.01. The fourth-order valence-corrected chi connectivity index (χ4v) is 0.969. The molecule has 0 aromatic carbocycles. The number of carbonyl (C=O) groups is 1. The van der Waals surface area contributed by atoms with Gasteiger partial charge in [-0.2, -0.15) is 0 Å². The zero-order valence-corrected chi connectivity index (χ0v) is 6.79. The van der Waals surface area contributed by atoms with Crippen LogP contribution in [0.3, 0.4) is 0 Å². The van der Waals surface area contributed by atoms with Crippen molar-refractivity contribution in [1.82, 2.24) is 5.32 Å². The summed E-state index contributed by atoms with van der Waals surface area (Å²) in [6.07, 6.45) is -0.420. The minimum absolute atomic E-state index is 0.301. The molecule has 11 heavy (non-hydrogen) atoms. The van der Waals surface area contributed by atoms with E-state index >= 15 is 0 Å². The summed E-state index contributed by atoms with van der Waals surface area (Å²) >= 11 is 0. The average molecular weight is 159 g/mol. The SMILES string of the molecule is COC(=O)C1CNC(C)CO1. The Morgan fingerprint density at radius 3 is 2.91 bits per heavy atom. The lowest BCUT2D eigenvalue weighted by Gasteiger charge is -2.26. The third-order valence-corrected chi connectivity index (χ3v) is 1.66. The van der Waals surface area contributed by atoms with Gasteiger partial charge in [0.05, 0.1) is 13.7 Å². The summed E-state index contributed by atoms with van der Waals surface area (Å²) < 4.78 is 9.73. The Hall–Kier alpha value is -0.610. The van der Waals surface area contributed by atoms with Crippen LogP contribution in [0.5, 0.6) is 0 Å². The first-order valence-electron chi connectivity index (χ1n) is 3.67. The van der Waals surface area contributed by atoms with E-state index in [0.29, 0.717) is 19.2 Å². The number of hydrogen-bond acceptors (Lipinski definition) is 4. The molecule has 0 radical (unpaired) electrons. The van der Waals surface area contributed by atoms with Crippen molar-refractivity contribution in [2.45, 2.75) is 19.1 Å². The Morgan fingerprint density at radius 2 is 2.45 bits per heavy atom. The van der Waals surface area contributed by atoms with Crippen molar-refractivity contribution in [3.05, 3.63) is 0 Å². The molecule has 4 heteroatoms. The topological polar surface area (TPSA) is 47.6 Å². The molecule has 1 saturated heterocycles. The Balaban J connectivity index is 2.33. The van der Waals surface area contributed by atoms with Crippen molar-refractivity contribution in [3.8, 4) is 0 Å². The predicted octanol–water partition coefficient (Wildman–Crippen LogP) is -0.464. The number of carbonyl (C=O) groups excluding carboxylic acids is 1. The number of morpholine rings is 1. The number of nitrogens with one attached hydrogen (secondary N) is 1. The van der Waals surface area contributed by atoms with Crippen LogP contribution >= 0.6 is 0 Å². The third-order valence-electron chi connectivity index (χ3n) is 1.66. The van der Waals surface area contributed by atoms with Crippen LogP contribution in [0.25, 0.3) is 0 Å². The average Bonchev–Trinajstić information content (AvgIpc) is 2.05. The smallest absolute Gasteiger partial charge is 0.336 e. The molecule has 2 atom stereocenters. The van der Waals surface area contributed by atoms with Crippen LogP contribution in [0.1, 0.15) is 6.92 Å². The van der Waals surface area contributed by atoms with Crippen molar-refractivity contribution < 1.29 is 14.3 Å². The van der Waals surface area contributed by atoms with Crippen molar-refractivity contribution in [2.75, 3.05) is 20.3 Å². The highest BCUT2D eigenvalue weighted by Gasteiger charge is 2.24. The molecule has 0 aromatic rings. The fourth-order valence-electron chi connectivity index (χ4n) is 0.969. The summed E-state index contributed by atoms with van der Waals surface area (Å²) in [5, 5.41) is 3.12. The van der Waals surface area contributed by atoms with Gasteiger partial charge in [0.1, 0.15) is 0 Å². The summed E-state index contributed by atoms with van der Waals surface area (Å²) in [6.45, 7) is 3.13. The number of ether oxygens (including phenoxy) is 2. The molecule has 64 valence electrons. The minimum Gasteiger partial charge on any atom is -0.467 e. The molecule has 1 fully saturated rings. The molecule has 0 bridgehead atoms. The van der Waals surface area contributed by atoms with Gasteiger partial charge in [0.15, 0.2) is 6.10 Å². The van der Waals surface area contributed by atoms with Crippen LogP contribution in [0.15, 0.2) is 0 Å². The van der Waals surface area contributed by atoms with Crippen molar-refractivity contribution >= 4 is 5.97 Å². The van der Waals surface area contributed by atoms with Crippen LogP contribution < -0.4 is 5.32 Å². The van der Waals surface area contributed by atoms with E-state index in [1.54, 1.807) is 0 Å². The molecule has 0 aromatic heterocycles. The number of hydrogen-bond donors (Lipinski definition) is 1. The lowest BCUT2D eigenvalue weighted by atomic mass is 10.2. The molecule has 0 amide bonds. The lowest BCUT2D eigenvalue weighted by Crippen LogP contribution is -2.48. The normalized spacial score (nSPS) is 31.5. The number of esters is 1. The predicted molar refractivity (Wildman–Crippen MR) is 39.2 cm³/mol. The van der Waals surface area contributed by atoms with Gasteiger partial charge in [-0.25, -0.2) is 4.79 Å². The van der Waals surface area contributed by atoms with Crippen LogP contribution in [0.2, 0.25) is 0 Å². The van der Waals surface area contributed by atoms with Gasteiger partial charge in [-0.15, -0.1) is 0 Å². The molecule has 0 saturated carbocycles. The second-order valence-corrected chi connectivity index (χ2v) is 2.65. The van der Waals surface area contributed by atoms with E-state index in [-0.39, 0.29) is 5.97 Å². The largest absolute Gasteiger partial charge is 0.467 e. The van der Waals surface area contributed by atoms with E-state index in [9.17, 15) is 4.79 Å². The Morgan fingerprint density at radius 1 is 1.73 bits per heavy atom. The van der Waals surface area contributed by atoms with Crippen molar-refractivity contribution in [2.24, 2.45) is 0 Å². The molecule has 1 aliphatic heterocycles. The second-order valence-electron chi connectivity index (χ2n) is 2.65. The quantitative estimate of drug-likeness (QED) is 0.526. The summed E-state index contributed by atoms with van der Waals surface area (Å²) in [4.78, 5) is 10.9. The molecule has 0 aliphatic carbocycles. The molecule has 2 unspecified atom stereocenters. The summed E-state index contributed by atoms with van der Waals surface area (Å²) in [6, 6.07) is 0.330. The number of methoxy groups -OCH3 is 1. The first-order chi connectivity index (χ1) is 5.24. The van der Waals surface area contributed by atoms with Gasteiger partial charge in [0, 0.05) is 12.6 Å². The Labute approximate surface area is 65.9 Å². The van der Waals surface area contributed by atoms with Gasteiger partial charge >= 0.3 is 5.97 Å². The summed E-state index contributed by atoms with van der Waals surface area (Å²) in [5.41, 5.74) is 0. The third kappa shape index (κ3) is 2.17. The van der Waals surface area contributed by atoms with E-state index < -0.39 is 6.10 Å². The monoisotopic (exact) mass is 159 g/mol. The maximum absolute atomic E-state index is 10.9. The lowest BCUT2D eigenvalue weighted by molar-refractivity contribution is -0.156. The molecular weight excluding hydrogens is 146 g/mol. The zero-order valence-electron chi connectivity index (χ0n) is 6.79. The van der Waals surface area contributed by atoms with Crippen molar-refractivity contribution in [3.63, 3.8) is 0 Å². The highest BCUT2D eigenvalue weighted by atomic mass is 16.6. The molecule has 1 aliphatic rings. The van der Waals surface area contributed by atoms with Crippen LogP contribution in [0.4, 0.5) is 0 Å².